The van der Waals surface area contributed by atoms with Crippen LogP contribution in [-0.4, -0.2) is 12.6 Å². The molecule has 0 saturated carbocycles. The summed E-state index contributed by atoms with van der Waals surface area (Å²) in [7, 11) is 0. The number of rotatable bonds is 3. The maximum atomic E-state index is 10.4. The van der Waals surface area contributed by atoms with Crippen molar-refractivity contribution in [2.75, 3.05) is 6.61 Å². The SMILES string of the molecule is C/C=C/COC(=O)CC.Cc1ccccc1C#N. The van der Waals surface area contributed by atoms with Gasteiger partial charge in [-0.15, -0.1) is 0 Å². The summed E-state index contributed by atoms with van der Waals surface area (Å²) in [5.74, 6) is -0.145. The van der Waals surface area contributed by atoms with Crippen LogP contribution in [-0.2, 0) is 9.53 Å². The average molecular weight is 245 g/mol. The van der Waals surface area contributed by atoms with Crippen molar-refractivity contribution in [1.29, 1.82) is 5.26 Å². The van der Waals surface area contributed by atoms with E-state index >= 15 is 0 Å². The van der Waals surface area contributed by atoms with Crippen LogP contribution >= 0.6 is 0 Å². The molecule has 0 heterocycles. The second-order valence-corrected chi connectivity index (χ2v) is 3.53. The first-order valence-corrected chi connectivity index (χ1v) is 5.88. The number of carbonyl (C=O) groups excluding carboxylic acids is 1. The van der Waals surface area contributed by atoms with Crippen molar-refractivity contribution < 1.29 is 9.53 Å². The van der Waals surface area contributed by atoms with Crippen LogP contribution in [0.15, 0.2) is 36.4 Å². The van der Waals surface area contributed by atoms with Gasteiger partial charge in [-0.05, 0) is 25.5 Å². The second kappa shape index (κ2) is 10.1. The molecule has 0 unspecified atom stereocenters. The van der Waals surface area contributed by atoms with E-state index in [9.17, 15) is 4.79 Å². The fraction of sp³-hybridized carbons (Fsp3) is 0.333. The van der Waals surface area contributed by atoms with Crippen LogP contribution in [0.5, 0.6) is 0 Å². The first kappa shape index (κ1) is 15.9. The molecule has 0 radical (unpaired) electrons. The van der Waals surface area contributed by atoms with Gasteiger partial charge in [0.1, 0.15) is 6.61 Å². The minimum atomic E-state index is -0.145. The molecule has 1 aromatic rings. The average Bonchev–Trinajstić information content (AvgIpc) is 2.40. The Morgan fingerprint density at radius 3 is 2.56 bits per heavy atom. The summed E-state index contributed by atoms with van der Waals surface area (Å²) >= 11 is 0. The zero-order chi connectivity index (χ0) is 13.8. The van der Waals surface area contributed by atoms with Crippen LogP contribution < -0.4 is 0 Å². The molecule has 0 aliphatic heterocycles. The normalized spacial score (nSPS) is 9.22. The lowest BCUT2D eigenvalue weighted by molar-refractivity contribution is -0.141. The molecule has 0 aromatic heterocycles. The molecular formula is C15H19NO2. The van der Waals surface area contributed by atoms with Crippen LogP contribution in [0.1, 0.15) is 31.4 Å². The third-order valence-electron chi connectivity index (χ3n) is 2.13. The van der Waals surface area contributed by atoms with E-state index in [4.69, 9.17) is 10.00 Å². The van der Waals surface area contributed by atoms with Crippen molar-refractivity contribution in [2.24, 2.45) is 0 Å². The van der Waals surface area contributed by atoms with E-state index in [1.807, 2.05) is 44.2 Å². The molecule has 0 N–H and O–H groups in total. The molecule has 18 heavy (non-hydrogen) atoms. The van der Waals surface area contributed by atoms with Crippen molar-refractivity contribution >= 4 is 5.97 Å². The maximum absolute atomic E-state index is 10.4. The zero-order valence-corrected chi connectivity index (χ0v) is 11.1. The number of allylic oxidation sites excluding steroid dienone is 1. The molecule has 0 aliphatic carbocycles. The molecule has 1 rings (SSSR count). The molecule has 0 fully saturated rings. The Morgan fingerprint density at radius 2 is 2.11 bits per heavy atom. The van der Waals surface area contributed by atoms with Gasteiger partial charge in [-0.3, -0.25) is 4.79 Å². The van der Waals surface area contributed by atoms with Crippen molar-refractivity contribution in [3.8, 4) is 6.07 Å². The molecule has 3 heteroatoms. The Bertz CT molecular complexity index is 430. The highest BCUT2D eigenvalue weighted by Crippen LogP contribution is 2.03. The van der Waals surface area contributed by atoms with Crippen LogP contribution in [0.25, 0.3) is 0 Å². The maximum Gasteiger partial charge on any atom is 0.305 e. The molecule has 1 aromatic carbocycles. The third kappa shape index (κ3) is 7.24. The smallest absolute Gasteiger partial charge is 0.305 e. The van der Waals surface area contributed by atoms with Gasteiger partial charge >= 0.3 is 5.97 Å². The van der Waals surface area contributed by atoms with Gasteiger partial charge in [-0.1, -0.05) is 37.3 Å². The highest BCUT2D eigenvalue weighted by atomic mass is 16.5. The minimum Gasteiger partial charge on any atom is -0.461 e. The summed E-state index contributed by atoms with van der Waals surface area (Å²) in [6, 6.07) is 9.63. The topological polar surface area (TPSA) is 50.1 Å². The van der Waals surface area contributed by atoms with E-state index in [2.05, 4.69) is 6.07 Å². The Kier molecular flexibility index (Phi) is 8.93. The largest absolute Gasteiger partial charge is 0.461 e. The predicted octanol–water partition coefficient (Wildman–Crippen LogP) is 3.38. The van der Waals surface area contributed by atoms with Gasteiger partial charge < -0.3 is 4.74 Å². The summed E-state index contributed by atoms with van der Waals surface area (Å²) in [5.41, 5.74) is 1.80. The summed E-state index contributed by atoms with van der Waals surface area (Å²) in [4.78, 5) is 10.4. The number of ether oxygens (including phenoxy) is 1. The summed E-state index contributed by atoms with van der Waals surface area (Å²) in [5, 5.41) is 8.47. The monoisotopic (exact) mass is 245 g/mol. The van der Waals surface area contributed by atoms with Gasteiger partial charge in [0.25, 0.3) is 0 Å². The van der Waals surface area contributed by atoms with E-state index in [-0.39, 0.29) is 5.97 Å². The van der Waals surface area contributed by atoms with Gasteiger partial charge in [0.15, 0.2) is 0 Å². The quantitative estimate of drug-likeness (QED) is 0.606. The van der Waals surface area contributed by atoms with E-state index in [1.54, 1.807) is 13.0 Å². The van der Waals surface area contributed by atoms with Crippen molar-refractivity contribution in [1.82, 2.24) is 0 Å². The number of benzene rings is 1. The molecule has 0 saturated heterocycles. The van der Waals surface area contributed by atoms with Gasteiger partial charge in [-0.2, -0.15) is 5.26 Å². The summed E-state index contributed by atoms with van der Waals surface area (Å²) in [6.07, 6.45) is 4.11. The Labute approximate surface area is 109 Å². The van der Waals surface area contributed by atoms with Crippen LogP contribution in [0.4, 0.5) is 0 Å². The number of aryl methyl sites for hydroxylation is 1. The van der Waals surface area contributed by atoms with E-state index < -0.39 is 0 Å². The van der Waals surface area contributed by atoms with Crippen LogP contribution in [0.2, 0.25) is 0 Å². The second-order valence-electron chi connectivity index (χ2n) is 3.53. The lowest BCUT2D eigenvalue weighted by atomic mass is 10.1. The van der Waals surface area contributed by atoms with Crippen LogP contribution in [0, 0.1) is 18.3 Å². The van der Waals surface area contributed by atoms with Gasteiger partial charge in [0, 0.05) is 6.42 Å². The van der Waals surface area contributed by atoms with Crippen molar-refractivity contribution in [2.45, 2.75) is 27.2 Å². The molecule has 0 spiro atoms. The highest BCUT2D eigenvalue weighted by molar-refractivity contribution is 5.68. The Hall–Kier alpha value is -2.08. The number of nitrogens with zero attached hydrogens (tertiary/aromatic N) is 1. The van der Waals surface area contributed by atoms with E-state index in [0.29, 0.717) is 13.0 Å². The minimum absolute atomic E-state index is 0.145. The summed E-state index contributed by atoms with van der Waals surface area (Å²) < 4.78 is 4.71. The number of hydrogen-bond acceptors (Lipinski definition) is 3. The van der Waals surface area contributed by atoms with E-state index in [1.165, 1.54) is 0 Å². The number of carbonyl (C=O) groups is 1. The standard InChI is InChI=1S/C8H7N.C7H12O2/c1-7-4-2-3-5-8(7)6-9;1-3-5-6-9-7(8)4-2/h2-5H,1H3;3,5H,4,6H2,1-2H3/b;5-3+. The molecule has 0 amide bonds. The van der Waals surface area contributed by atoms with Crippen molar-refractivity contribution in [3.63, 3.8) is 0 Å². The van der Waals surface area contributed by atoms with Gasteiger partial charge in [0.05, 0.1) is 11.6 Å². The summed E-state index contributed by atoms with van der Waals surface area (Å²) in [6.45, 7) is 6.00. The molecule has 0 bridgehead atoms. The molecule has 0 aliphatic rings. The number of esters is 1. The third-order valence-corrected chi connectivity index (χ3v) is 2.13. The molecule has 3 nitrogen and oxygen atoms in total. The first-order chi connectivity index (χ1) is 8.65. The lowest BCUT2D eigenvalue weighted by Crippen LogP contribution is -2.01. The first-order valence-electron chi connectivity index (χ1n) is 5.88. The van der Waals surface area contributed by atoms with E-state index in [0.717, 1.165) is 11.1 Å². The molecule has 96 valence electrons. The Balaban J connectivity index is 0.000000321. The number of nitriles is 1. The van der Waals surface area contributed by atoms with Crippen LogP contribution in [0.3, 0.4) is 0 Å². The van der Waals surface area contributed by atoms with Crippen molar-refractivity contribution in [3.05, 3.63) is 47.5 Å². The highest BCUT2D eigenvalue weighted by Gasteiger charge is 1.92. The lowest BCUT2D eigenvalue weighted by Gasteiger charge is -1.95. The van der Waals surface area contributed by atoms with Gasteiger partial charge in [-0.25, -0.2) is 0 Å². The fourth-order valence-electron chi connectivity index (χ4n) is 1.04. The molecular weight excluding hydrogens is 226 g/mol. The Morgan fingerprint density at radius 1 is 1.44 bits per heavy atom. The predicted molar refractivity (Wildman–Crippen MR) is 72.0 cm³/mol. The fourth-order valence-corrected chi connectivity index (χ4v) is 1.04. The zero-order valence-electron chi connectivity index (χ0n) is 11.1. The molecule has 0 atom stereocenters. The number of hydrogen-bond donors (Lipinski definition) is 0. The van der Waals surface area contributed by atoms with Gasteiger partial charge in [0.2, 0.25) is 0 Å².